The molecule has 10 nitrogen and oxygen atoms in total. The Morgan fingerprint density at radius 2 is 2.15 bits per heavy atom. The number of nitrogens with one attached hydrogen (secondary N) is 4. The van der Waals surface area contributed by atoms with Crippen LogP contribution in [0, 0.1) is 0 Å². The van der Waals surface area contributed by atoms with E-state index < -0.39 is 0 Å². The molecule has 0 aliphatic carbocycles. The van der Waals surface area contributed by atoms with Crippen LogP contribution in [0.4, 0.5) is 17.5 Å². The molecule has 176 valence electrons. The van der Waals surface area contributed by atoms with Gasteiger partial charge in [-0.3, -0.25) is 9.78 Å². The fourth-order valence-corrected chi connectivity index (χ4v) is 5.30. The van der Waals surface area contributed by atoms with Crippen LogP contribution < -0.4 is 32.1 Å². The van der Waals surface area contributed by atoms with E-state index in [2.05, 4.69) is 25.8 Å². The molecule has 0 bridgehead atoms. The molecule has 2 aliphatic rings. The summed E-state index contributed by atoms with van der Waals surface area (Å²) >= 11 is 1.50. The van der Waals surface area contributed by atoms with Crippen molar-refractivity contribution in [1.82, 2.24) is 20.3 Å². The van der Waals surface area contributed by atoms with Gasteiger partial charge in [0.2, 0.25) is 5.95 Å². The van der Waals surface area contributed by atoms with Crippen LogP contribution in [-0.2, 0) is 4.74 Å². The van der Waals surface area contributed by atoms with Gasteiger partial charge in [-0.1, -0.05) is 6.07 Å². The van der Waals surface area contributed by atoms with E-state index in [4.69, 9.17) is 20.4 Å². The highest BCUT2D eigenvalue weighted by atomic mass is 32.1. The number of fused-ring (bicyclic) bond motifs is 1. The van der Waals surface area contributed by atoms with Gasteiger partial charge in [0.15, 0.2) is 0 Å². The Morgan fingerprint density at radius 1 is 1.27 bits per heavy atom. The summed E-state index contributed by atoms with van der Waals surface area (Å²) in [7, 11) is 0. The monoisotopic (exact) mass is 470 g/mol. The van der Waals surface area contributed by atoms with Crippen molar-refractivity contribution in [2.24, 2.45) is 5.73 Å². The van der Waals surface area contributed by atoms with Crippen LogP contribution in [0.3, 0.4) is 0 Å². The first-order chi connectivity index (χ1) is 16.2. The van der Waals surface area contributed by atoms with Gasteiger partial charge in [0.25, 0.3) is 5.56 Å². The number of hydrogen-bond acceptors (Lipinski definition) is 10. The second-order valence-corrected chi connectivity index (χ2v) is 9.32. The van der Waals surface area contributed by atoms with E-state index in [9.17, 15) is 4.79 Å². The van der Waals surface area contributed by atoms with Crippen LogP contribution in [0.1, 0.15) is 12.8 Å². The first-order valence-corrected chi connectivity index (χ1v) is 12.3. The molecule has 2 fully saturated rings. The third kappa shape index (κ3) is 4.81. The maximum atomic E-state index is 13.4. The Labute approximate surface area is 195 Å². The third-order valence-corrected chi connectivity index (χ3v) is 6.99. The van der Waals surface area contributed by atoms with E-state index in [1.54, 1.807) is 0 Å². The Bertz CT molecular complexity index is 1150. The summed E-state index contributed by atoms with van der Waals surface area (Å²) in [5, 5.41) is 10.9. The molecule has 0 radical (unpaired) electrons. The van der Waals surface area contributed by atoms with E-state index in [1.807, 2.05) is 18.2 Å². The van der Waals surface area contributed by atoms with Gasteiger partial charge < -0.3 is 31.3 Å². The standard InChI is InChI=1S/C22H30N8O2S/c23-6-8-25-15-4-1-5-16-18(15)27-21(33-16)17-19(26-14-3-2-7-24-13-14)28-22(29-20(17)31)30-9-11-32-12-10-30/h1,4-5,14,24-25H,2-3,6-13,23H2,(H2,26,28,29,31)/t14-/m1/s1. The van der Waals surface area contributed by atoms with Crippen LogP contribution in [0.2, 0.25) is 0 Å². The van der Waals surface area contributed by atoms with Gasteiger partial charge in [0.05, 0.1) is 23.6 Å². The highest BCUT2D eigenvalue weighted by Gasteiger charge is 2.24. The van der Waals surface area contributed by atoms with Gasteiger partial charge in [-0.25, -0.2) is 4.98 Å². The lowest BCUT2D eigenvalue weighted by Gasteiger charge is -2.29. The minimum absolute atomic E-state index is 0.187. The number of piperidine rings is 1. The summed E-state index contributed by atoms with van der Waals surface area (Å²) < 4.78 is 6.47. The molecule has 4 heterocycles. The number of rotatable bonds is 7. The maximum absolute atomic E-state index is 13.4. The number of H-pyrrole nitrogens is 1. The molecule has 0 saturated carbocycles. The van der Waals surface area contributed by atoms with Crippen LogP contribution in [0.15, 0.2) is 23.0 Å². The van der Waals surface area contributed by atoms with Gasteiger partial charge in [-0.05, 0) is 31.5 Å². The molecule has 0 amide bonds. The zero-order chi connectivity index (χ0) is 22.6. The van der Waals surface area contributed by atoms with Crippen LogP contribution >= 0.6 is 11.3 Å². The van der Waals surface area contributed by atoms with Crippen molar-refractivity contribution in [3.63, 3.8) is 0 Å². The molecule has 1 aromatic carbocycles. The number of morpholine rings is 1. The van der Waals surface area contributed by atoms with E-state index in [1.165, 1.54) is 11.3 Å². The predicted octanol–water partition coefficient (Wildman–Crippen LogP) is 1.42. The zero-order valence-corrected chi connectivity index (χ0v) is 19.3. The van der Waals surface area contributed by atoms with E-state index in [-0.39, 0.29) is 11.6 Å². The number of nitrogens with zero attached hydrogens (tertiary/aromatic N) is 3. The molecule has 0 unspecified atom stereocenters. The summed E-state index contributed by atoms with van der Waals surface area (Å²) in [6.45, 7) is 5.69. The minimum Gasteiger partial charge on any atom is -0.382 e. The minimum atomic E-state index is -0.187. The third-order valence-electron chi connectivity index (χ3n) is 5.95. The molecule has 6 N–H and O–H groups in total. The quantitative estimate of drug-likeness (QED) is 0.348. The molecule has 2 saturated heterocycles. The van der Waals surface area contributed by atoms with Crippen molar-refractivity contribution in [1.29, 1.82) is 0 Å². The van der Waals surface area contributed by atoms with Crippen molar-refractivity contribution in [2.45, 2.75) is 18.9 Å². The van der Waals surface area contributed by atoms with Crippen molar-refractivity contribution in [3.8, 4) is 10.6 Å². The number of aromatic amines is 1. The highest BCUT2D eigenvalue weighted by Crippen LogP contribution is 2.35. The summed E-state index contributed by atoms with van der Waals surface area (Å²) in [5.74, 6) is 1.16. The molecule has 0 spiro atoms. The lowest BCUT2D eigenvalue weighted by molar-refractivity contribution is 0.122. The van der Waals surface area contributed by atoms with E-state index >= 15 is 0 Å². The average Bonchev–Trinajstić information content (AvgIpc) is 3.28. The Balaban J connectivity index is 1.57. The number of aromatic nitrogens is 3. The lowest BCUT2D eigenvalue weighted by Crippen LogP contribution is -2.40. The molecule has 11 heteroatoms. The molecule has 33 heavy (non-hydrogen) atoms. The summed E-state index contributed by atoms with van der Waals surface area (Å²) in [4.78, 5) is 28.2. The molecule has 3 aromatic rings. The number of ether oxygens (including phenoxy) is 1. The Hall–Kier alpha value is -2.73. The number of para-hydroxylation sites is 1. The second kappa shape index (κ2) is 10.0. The molecular weight excluding hydrogens is 440 g/mol. The zero-order valence-electron chi connectivity index (χ0n) is 18.5. The van der Waals surface area contributed by atoms with Gasteiger partial charge in [-0.15, -0.1) is 11.3 Å². The summed E-state index contributed by atoms with van der Waals surface area (Å²) in [5.41, 5.74) is 7.72. The van der Waals surface area contributed by atoms with Gasteiger partial charge in [-0.2, -0.15) is 4.98 Å². The van der Waals surface area contributed by atoms with Crippen LogP contribution in [-0.4, -0.2) is 73.5 Å². The van der Waals surface area contributed by atoms with Gasteiger partial charge in [0.1, 0.15) is 21.9 Å². The number of anilines is 3. The van der Waals surface area contributed by atoms with E-state index in [0.29, 0.717) is 61.7 Å². The lowest BCUT2D eigenvalue weighted by atomic mass is 10.1. The first-order valence-electron chi connectivity index (χ1n) is 11.5. The fourth-order valence-electron chi connectivity index (χ4n) is 4.26. The summed E-state index contributed by atoms with van der Waals surface area (Å²) in [6.07, 6.45) is 2.12. The number of benzene rings is 1. The van der Waals surface area contributed by atoms with Crippen LogP contribution in [0.25, 0.3) is 20.8 Å². The maximum Gasteiger partial charge on any atom is 0.264 e. The van der Waals surface area contributed by atoms with Crippen molar-refractivity contribution in [3.05, 3.63) is 28.6 Å². The second-order valence-electron chi connectivity index (χ2n) is 8.29. The van der Waals surface area contributed by atoms with Gasteiger partial charge in [0, 0.05) is 38.8 Å². The molecule has 1 atom stereocenters. The van der Waals surface area contributed by atoms with Gasteiger partial charge >= 0.3 is 0 Å². The molecule has 2 aromatic heterocycles. The highest BCUT2D eigenvalue weighted by molar-refractivity contribution is 7.21. The topological polar surface area (TPSA) is 133 Å². The Morgan fingerprint density at radius 3 is 2.94 bits per heavy atom. The fraction of sp³-hybridized carbons (Fsp3) is 0.500. The largest absolute Gasteiger partial charge is 0.382 e. The number of thiazole rings is 1. The van der Waals surface area contributed by atoms with Crippen molar-refractivity contribution in [2.75, 3.05) is 68.0 Å². The molecular formula is C22H30N8O2S. The predicted molar refractivity (Wildman–Crippen MR) is 134 cm³/mol. The number of hydrogen-bond donors (Lipinski definition) is 5. The Kier molecular flexibility index (Phi) is 6.72. The SMILES string of the molecule is NCCNc1cccc2sc(-c3c(N[C@@H]4CCCNC4)nc(N4CCOCC4)[nH]c3=O)nc12. The van der Waals surface area contributed by atoms with Crippen LogP contribution in [0.5, 0.6) is 0 Å². The normalized spacial score (nSPS) is 19.1. The first kappa shape index (κ1) is 22.1. The van der Waals surface area contributed by atoms with Crippen molar-refractivity contribution < 1.29 is 4.74 Å². The average molecular weight is 471 g/mol. The smallest absolute Gasteiger partial charge is 0.264 e. The summed E-state index contributed by atoms with van der Waals surface area (Å²) in [6, 6.07) is 6.20. The van der Waals surface area contributed by atoms with E-state index in [0.717, 1.165) is 41.8 Å². The number of nitrogens with two attached hydrogens (primary N) is 1. The van der Waals surface area contributed by atoms with Crippen molar-refractivity contribution >= 4 is 39.0 Å². The molecule has 2 aliphatic heterocycles. The molecule has 5 rings (SSSR count).